The maximum atomic E-state index is 2.36. The summed E-state index contributed by atoms with van der Waals surface area (Å²) in [4.78, 5) is 4.71. The van der Waals surface area contributed by atoms with E-state index >= 15 is 0 Å². The molecule has 0 unspecified atom stereocenters. The average Bonchev–Trinajstić information content (AvgIpc) is 3.38. The predicted octanol–water partition coefficient (Wildman–Crippen LogP) is 18.2. The van der Waals surface area contributed by atoms with Crippen LogP contribution in [0.3, 0.4) is 0 Å². The first-order valence-electron chi connectivity index (χ1n) is 22.7. The maximum Gasteiger partial charge on any atom is 0.0466 e. The molecular weight excluding hydrogens is 797 g/mol. The van der Waals surface area contributed by atoms with Crippen LogP contribution < -0.4 is 9.80 Å². The molecule has 0 aliphatic carbocycles. The van der Waals surface area contributed by atoms with Crippen LogP contribution in [0.15, 0.2) is 255 Å². The van der Waals surface area contributed by atoms with Gasteiger partial charge in [0.05, 0.1) is 0 Å². The summed E-state index contributed by atoms with van der Waals surface area (Å²) in [6, 6.07) is 92.5. The summed E-state index contributed by atoms with van der Waals surface area (Å²) in [5.41, 5.74) is 18.7. The summed E-state index contributed by atoms with van der Waals surface area (Å²) in [6.07, 6.45) is 0. The van der Waals surface area contributed by atoms with Crippen molar-refractivity contribution in [3.63, 3.8) is 0 Å². The van der Waals surface area contributed by atoms with Gasteiger partial charge in [-0.25, -0.2) is 0 Å². The van der Waals surface area contributed by atoms with Gasteiger partial charge in [0, 0.05) is 34.1 Å². The fraction of sp³-hybridized carbons (Fsp3) is 0.0312. The zero-order chi connectivity index (χ0) is 44.4. The predicted molar refractivity (Wildman–Crippen MR) is 282 cm³/mol. The third-order valence-electron chi connectivity index (χ3n) is 12.7. The smallest absolute Gasteiger partial charge is 0.0466 e. The Bertz CT molecular complexity index is 3410. The number of nitrogens with zero attached hydrogens (tertiary/aromatic N) is 2. The molecule has 0 aliphatic heterocycles. The normalized spacial score (nSPS) is 11.2. The van der Waals surface area contributed by atoms with Gasteiger partial charge >= 0.3 is 0 Å². The molecule has 2 nitrogen and oxygen atoms in total. The van der Waals surface area contributed by atoms with E-state index in [2.05, 4.69) is 278 Å². The van der Waals surface area contributed by atoms with Gasteiger partial charge < -0.3 is 9.80 Å². The molecule has 0 radical (unpaired) electrons. The molecule has 0 bridgehead atoms. The van der Waals surface area contributed by atoms with Crippen molar-refractivity contribution in [2.75, 3.05) is 9.80 Å². The van der Waals surface area contributed by atoms with Gasteiger partial charge in [0.1, 0.15) is 0 Å². The fourth-order valence-corrected chi connectivity index (χ4v) is 9.53. The molecule has 0 amide bonds. The summed E-state index contributed by atoms with van der Waals surface area (Å²) in [6.45, 7) is 4.34. The van der Waals surface area contributed by atoms with Crippen molar-refractivity contribution in [3.05, 3.63) is 266 Å². The maximum absolute atomic E-state index is 2.36. The van der Waals surface area contributed by atoms with Crippen molar-refractivity contribution in [1.29, 1.82) is 0 Å². The van der Waals surface area contributed by atoms with Gasteiger partial charge in [0.2, 0.25) is 0 Å². The van der Waals surface area contributed by atoms with E-state index < -0.39 is 0 Å². The molecule has 2 heteroatoms. The molecule has 0 heterocycles. The highest BCUT2D eigenvalue weighted by molar-refractivity contribution is 6.13. The lowest BCUT2D eigenvalue weighted by molar-refractivity contribution is 1.25. The molecule has 0 saturated heterocycles. The van der Waals surface area contributed by atoms with E-state index in [9.17, 15) is 0 Å². The third kappa shape index (κ3) is 8.02. The van der Waals surface area contributed by atoms with Gasteiger partial charge in [0.15, 0.2) is 0 Å². The second-order valence-corrected chi connectivity index (χ2v) is 17.2. The second-order valence-electron chi connectivity index (χ2n) is 17.2. The van der Waals surface area contributed by atoms with Crippen LogP contribution in [0.25, 0.3) is 66.1 Å². The van der Waals surface area contributed by atoms with Gasteiger partial charge in [-0.15, -0.1) is 0 Å². The molecule has 0 N–H and O–H groups in total. The van der Waals surface area contributed by atoms with E-state index in [0.29, 0.717) is 0 Å². The molecule has 0 aliphatic rings. The SMILES string of the molecule is Cc1cc(C)cc(N(c2ccc(-c3ccccc3)cc2)c2ccc(-c3ccc(N(c4ccc(-c5ccccc5)cc4)c4ccc(-c5cc6ccccc6c6ccccc56)cc4)cc3)cc2)c1. The van der Waals surface area contributed by atoms with Crippen LogP contribution in [0.4, 0.5) is 34.1 Å². The average molecular weight is 845 g/mol. The van der Waals surface area contributed by atoms with Crippen LogP contribution in [-0.2, 0) is 0 Å². The lowest BCUT2D eigenvalue weighted by Crippen LogP contribution is -2.10. The number of fused-ring (bicyclic) bond motifs is 3. The van der Waals surface area contributed by atoms with E-state index in [1.807, 2.05) is 0 Å². The Morgan fingerprint density at radius 1 is 0.227 bits per heavy atom. The Kier molecular flexibility index (Phi) is 10.8. The zero-order valence-electron chi connectivity index (χ0n) is 37.1. The molecule has 11 rings (SSSR count). The van der Waals surface area contributed by atoms with E-state index in [4.69, 9.17) is 0 Å². The molecule has 0 fully saturated rings. The van der Waals surface area contributed by atoms with Crippen LogP contribution in [0.1, 0.15) is 11.1 Å². The lowest BCUT2D eigenvalue weighted by Gasteiger charge is -2.27. The quantitative estimate of drug-likeness (QED) is 0.127. The van der Waals surface area contributed by atoms with Crippen LogP contribution in [0.5, 0.6) is 0 Å². The van der Waals surface area contributed by atoms with E-state index in [1.165, 1.54) is 66.1 Å². The minimum Gasteiger partial charge on any atom is -0.311 e. The summed E-state index contributed by atoms with van der Waals surface area (Å²) in [5, 5.41) is 5.06. The summed E-state index contributed by atoms with van der Waals surface area (Å²) < 4.78 is 0. The molecule has 11 aromatic rings. The van der Waals surface area contributed by atoms with Crippen LogP contribution in [-0.4, -0.2) is 0 Å². The fourth-order valence-electron chi connectivity index (χ4n) is 9.53. The Morgan fingerprint density at radius 3 is 0.970 bits per heavy atom. The number of aryl methyl sites for hydroxylation is 2. The van der Waals surface area contributed by atoms with E-state index in [1.54, 1.807) is 0 Å². The molecule has 0 aromatic heterocycles. The van der Waals surface area contributed by atoms with Crippen LogP contribution in [0, 0.1) is 13.8 Å². The van der Waals surface area contributed by atoms with Crippen molar-refractivity contribution in [3.8, 4) is 44.5 Å². The highest BCUT2D eigenvalue weighted by Gasteiger charge is 2.17. The standard InChI is InChI=1S/C64H48N2/c1-45-41-46(2)43-60(42-45)66(58-35-23-50(24-36-58)48-15-7-4-8-16-48)59-37-27-52(28-38-59)51-25-33-56(34-26-51)65(55-31-21-49(22-32-55)47-13-5-3-6-14-47)57-39-29-53(30-40-57)64-44-54-17-9-10-18-61(54)62-19-11-12-20-63(62)64/h3-44H,1-2H3. The van der Waals surface area contributed by atoms with Crippen LogP contribution in [0.2, 0.25) is 0 Å². The van der Waals surface area contributed by atoms with Gasteiger partial charge in [0.25, 0.3) is 0 Å². The summed E-state index contributed by atoms with van der Waals surface area (Å²) >= 11 is 0. The van der Waals surface area contributed by atoms with Gasteiger partial charge in [-0.2, -0.15) is 0 Å². The number of hydrogen-bond acceptors (Lipinski definition) is 2. The minimum absolute atomic E-state index is 1.09. The van der Waals surface area contributed by atoms with Crippen molar-refractivity contribution in [1.82, 2.24) is 0 Å². The van der Waals surface area contributed by atoms with Gasteiger partial charge in [-0.05, 0) is 170 Å². The van der Waals surface area contributed by atoms with Crippen molar-refractivity contribution >= 4 is 55.7 Å². The topological polar surface area (TPSA) is 6.48 Å². The number of hydrogen-bond donors (Lipinski definition) is 0. The number of benzene rings is 11. The minimum atomic E-state index is 1.09. The molecule has 66 heavy (non-hydrogen) atoms. The largest absolute Gasteiger partial charge is 0.311 e. The van der Waals surface area contributed by atoms with Crippen LogP contribution >= 0.6 is 0 Å². The number of rotatable bonds is 10. The monoisotopic (exact) mass is 844 g/mol. The Balaban J connectivity index is 0.928. The molecule has 11 aromatic carbocycles. The zero-order valence-corrected chi connectivity index (χ0v) is 37.1. The highest BCUT2D eigenvalue weighted by atomic mass is 15.1. The van der Waals surface area contributed by atoms with Gasteiger partial charge in [-0.3, -0.25) is 0 Å². The van der Waals surface area contributed by atoms with Crippen molar-refractivity contribution in [2.24, 2.45) is 0 Å². The molecule has 314 valence electrons. The molecule has 0 atom stereocenters. The second kappa shape index (κ2) is 17.6. The third-order valence-corrected chi connectivity index (χ3v) is 12.7. The van der Waals surface area contributed by atoms with E-state index in [-0.39, 0.29) is 0 Å². The van der Waals surface area contributed by atoms with E-state index in [0.717, 1.165) is 45.3 Å². The highest BCUT2D eigenvalue weighted by Crippen LogP contribution is 2.41. The van der Waals surface area contributed by atoms with Gasteiger partial charge in [-0.1, -0.05) is 176 Å². The summed E-state index contributed by atoms with van der Waals surface area (Å²) in [7, 11) is 0. The first-order valence-corrected chi connectivity index (χ1v) is 22.7. The first kappa shape index (κ1) is 40.3. The number of anilines is 6. The Labute approximate surface area is 388 Å². The summed E-state index contributed by atoms with van der Waals surface area (Å²) in [5.74, 6) is 0. The van der Waals surface area contributed by atoms with Crippen molar-refractivity contribution < 1.29 is 0 Å². The molecule has 0 saturated carbocycles. The lowest BCUT2D eigenvalue weighted by atomic mass is 9.93. The Morgan fingerprint density at radius 2 is 0.545 bits per heavy atom. The molecule has 0 spiro atoms. The first-order chi connectivity index (χ1) is 32.5. The molecular formula is C64H48N2. The van der Waals surface area contributed by atoms with Crippen molar-refractivity contribution in [2.45, 2.75) is 13.8 Å². The Hall–Kier alpha value is -8.46.